The van der Waals surface area contributed by atoms with E-state index in [0.717, 1.165) is 56.4 Å². The third-order valence-electron chi connectivity index (χ3n) is 6.81. The highest BCUT2D eigenvalue weighted by atomic mass is 16.5. The van der Waals surface area contributed by atoms with Crippen LogP contribution in [0.15, 0.2) is 40.8 Å². The van der Waals surface area contributed by atoms with Crippen LogP contribution in [0.25, 0.3) is 11.3 Å². The van der Waals surface area contributed by atoms with E-state index in [1.807, 2.05) is 18.2 Å². The third-order valence-corrected chi connectivity index (χ3v) is 6.81. The van der Waals surface area contributed by atoms with E-state index < -0.39 is 0 Å². The van der Waals surface area contributed by atoms with Gasteiger partial charge in [0.1, 0.15) is 5.76 Å². The summed E-state index contributed by atoms with van der Waals surface area (Å²) in [4.78, 5) is 17.6. The largest absolute Gasteiger partial charge is 0.451 e. The smallest absolute Gasteiger partial charge is 0.287 e. The highest BCUT2D eigenvalue weighted by molar-refractivity contribution is 5.92. The van der Waals surface area contributed by atoms with E-state index in [9.17, 15) is 4.79 Å². The Labute approximate surface area is 171 Å². The highest BCUT2D eigenvalue weighted by Crippen LogP contribution is 2.32. The summed E-state index contributed by atoms with van der Waals surface area (Å²) in [6.07, 6.45) is 2.35. The number of benzene rings is 1. The van der Waals surface area contributed by atoms with Gasteiger partial charge < -0.3 is 19.4 Å². The molecule has 29 heavy (non-hydrogen) atoms. The van der Waals surface area contributed by atoms with Crippen molar-refractivity contribution >= 4 is 11.6 Å². The fourth-order valence-corrected chi connectivity index (χ4v) is 5.06. The van der Waals surface area contributed by atoms with Gasteiger partial charge in [0.05, 0.1) is 13.2 Å². The summed E-state index contributed by atoms with van der Waals surface area (Å²) < 4.78 is 11.4. The first-order chi connectivity index (χ1) is 14.2. The molecule has 5 heterocycles. The van der Waals surface area contributed by atoms with Crippen LogP contribution in [0.4, 0.5) is 5.69 Å². The molecule has 6 heteroatoms. The van der Waals surface area contributed by atoms with Crippen molar-refractivity contribution in [2.75, 3.05) is 44.3 Å². The molecule has 6 rings (SSSR count). The molecule has 4 saturated heterocycles. The average Bonchev–Trinajstić information content (AvgIpc) is 3.28. The first-order valence-electron chi connectivity index (χ1n) is 10.8. The third kappa shape index (κ3) is 3.67. The van der Waals surface area contributed by atoms with Crippen LogP contribution in [0.3, 0.4) is 0 Å². The molecular weight excluding hydrogens is 366 g/mol. The number of hydrogen-bond acceptors (Lipinski definition) is 5. The standard InChI is InChI=1S/C23H29N3O3/c1-16-22(17-7-9-25(16)10-8-17)24-23(27)21-6-5-20(29-21)18-3-2-4-19(15-18)26-11-13-28-14-12-26/h2-6,15-17,22H,7-14H2,1H3,(H,24,27)/t16-,22+/m1/s1. The second kappa shape index (κ2) is 7.84. The van der Waals surface area contributed by atoms with Gasteiger partial charge in [0, 0.05) is 36.4 Å². The molecular formula is C23H29N3O3. The molecule has 1 amide bonds. The minimum atomic E-state index is -0.105. The number of carbonyl (C=O) groups is 1. The van der Waals surface area contributed by atoms with Crippen LogP contribution < -0.4 is 10.2 Å². The lowest BCUT2D eigenvalue weighted by Gasteiger charge is -2.49. The maximum Gasteiger partial charge on any atom is 0.287 e. The predicted octanol–water partition coefficient (Wildman–Crippen LogP) is 3.00. The molecule has 1 aromatic carbocycles. The van der Waals surface area contributed by atoms with E-state index in [4.69, 9.17) is 9.15 Å². The van der Waals surface area contributed by atoms with Crippen molar-refractivity contribution in [1.29, 1.82) is 0 Å². The predicted molar refractivity (Wildman–Crippen MR) is 112 cm³/mol. The summed E-state index contributed by atoms with van der Waals surface area (Å²) in [6.45, 7) is 7.84. The van der Waals surface area contributed by atoms with Crippen LogP contribution in [-0.2, 0) is 4.74 Å². The van der Waals surface area contributed by atoms with Gasteiger partial charge in [0.25, 0.3) is 5.91 Å². The summed E-state index contributed by atoms with van der Waals surface area (Å²) in [7, 11) is 0. The van der Waals surface area contributed by atoms with Crippen molar-refractivity contribution in [3.05, 3.63) is 42.2 Å². The number of nitrogens with zero attached hydrogens (tertiary/aromatic N) is 2. The Bertz CT molecular complexity index is 864. The fraction of sp³-hybridized carbons (Fsp3) is 0.522. The van der Waals surface area contributed by atoms with Crippen LogP contribution in [0.5, 0.6) is 0 Å². The molecule has 2 aromatic rings. The van der Waals surface area contributed by atoms with E-state index in [-0.39, 0.29) is 11.9 Å². The zero-order valence-electron chi connectivity index (χ0n) is 17.0. The minimum Gasteiger partial charge on any atom is -0.451 e. The number of piperidine rings is 3. The summed E-state index contributed by atoms with van der Waals surface area (Å²) in [5.74, 6) is 1.59. The van der Waals surface area contributed by atoms with Gasteiger partial charge in [-0.05, 0) is 63.0 Å². The SMILES string of the molecule is C[C@@H]1[C@H](NC(=O)c2ccc(-c3cccc(N4CCOCC4)c3)o2)C2CCN1CC2. The maximum absolute atomic E-state index is 12.8. The van der Waals surface area contributed by atoms with Gasteiger partial charge in [0.15, 0.2) is 5.76 Å². The zero-order valence-corrected chi connectivity index (χ0v) is 17.0. The molecule has 1 aromatic heterocycles. The van der Waals surface area contributed by atoms with Gasteiger partial charge in [-0.2, -0.15) is 0 Å². The van der Waals surface area contributed by atoms with E-state index in [1.165, 1.54) is 12.8 Å². The van der Waals surface area contributed by atoms with Crippen molar-refractivity contribution in [3.63, 3.8) is 0 Å². The van der Waals surface area contributed by atoms with Crippen LogP contribution in [-0.4, -0.2) is 62.3 Å². The molecule has 1 N–H and O–H groups in total. The number of nitrogens with one attached hydrogen (secondary N) is 1. The van der Waals surface area contributed by atoms with E-state index in [0.29, 0.717) is 17.7 Å². The lowest BCUT2D eigenvalue weighted by molar-refractivity contribution is 0.0211. The molecule has 0 unspecified atom stereocenters. The van der Waals surface area contributed by atoms with Crippen molar-refractivity contribution in [1.82, 2.24) is 10.2 Å². The molecule has 0 spiro atoms. The molecule has 4 aliphatic rings. The van der Waals surface area contributed by atoms with Crippen LogP contribution in [0.2, 0.25) is 0 Å². The second-order valence-corrected chi connectivity index (χ2v) is 8.43. The van der Waals surface area contributed by atoms with E-state index >= 15 is 0 Å². The number of anilines is 1. The quantitative estimate of drug-likeness (QED) is 0.863. The monoisotopic (exact) mass is 395 g/mol. The summed E-state index contributed by atoms with van der Waals surface area (Å²) in [5, 5.41) is 3.25. The van der Waals surface area contributed by atoms with Crippen LogP contribution in [0.1, 0.15) is 30.3 Å². The number of rotatable bonds is 4. The average molecular weight is 396 g/mol. The van der Waals surface area contributed by atoms with Gasteiger partial charge in [-0.3, -0.25) is 9.69 Å². The minimum absolute atomic E-state index is 0.105. The lowest BCUT2D eigenvalue weighted by atomic mass is 9.79. The van der Waals surface area contributed by atoms with Gasteiger partial charge in [-0.15, -0.1) is 0 Å². The molecule has 0 radical (unpaired) electrons. The summed E-state index contributed by atoms with van der Waals surface area (Å²) in [5.41, 5.74) is 2.15. The Balaban J connectivity index is 1.30. The Kier molecular flexibility index (Phi) is 5.06. The van der Waals surface area contributed by atoms with Gasteiger partial charge in [0.2, 0.25) is 0 Å². The number of fused-ring (bicyclic) bond motifs is 3. The Morgan fingerprint density at radius 2 is 1.86 bits per heavy atom. The molecule has 2 atom stereocenters. The molecule has 0 saturated carbocycles. The number of furan rings is 1. The number of ether oxygens (including phenoxy) is 1. The topological polar surface area (TPSA) is 58.0 Å². The van der Waals surface area contributed by atoms with Crippen LogP contribution in [0, 0.1) is 5.92 Å². The summed E-state index contributed by atoms with van der Waals surface area (Å²) in [6, 6.07) is 12.6. The summed E-state index contributed by atoms with van der Waals surface area (Å²) >= 11 is 0. The van der Waals surface area contributed by atoms with Crippen molar-refractivity contribution in [2.24, 2.45) is 5.92 Å². The number of amides is 1. The van der Waals surface area contributed by atoms with Crippen molar-refractivity contribution < 1.29 is 13.9 Å². The fourth-order valence-electron chi connectivity index (χ4n) is 5.06. The van der Waals surface area contributed by atoms with Crippen LogP contribution >= 0.6 is 0 Å². The number of morpholine rings is 1. The van der Waals surface area contributed by atoms with Gasteiger partial charge in [-0.1, -0.05) is 12.1 Å². The molecule has 6 nitrogen and oxygen atoms in total. The Hall–Kier alpha value is -2.31. The van der Waals surface area contributed by atoms with E-state index in [1.54, 1.807) is 6.07 Å². The van der Waals surface area contributed by atoms with E-state index in [2.05, 4.69) is 34.2 Å². The molecule has 154 valence electrons. The number of carbonyl (C=O) groups excluding carboxylic acids is 1. The number of hydrogen-bond donors (Lipinski definition) is 1. The first kappa shape index (κ1) is 18.7. The first-order valence-corrected chi connectivity index (χ1v) is 10.8. The Morgan fingerprint density at radius 1 is 1.07 bits per heavy atom. The van der Waals surface area contributed by atoms with Gasteiger partial charge >= 0.3 is 0 Å². The molecule has 0 aliphatic carbocycles. The van der Waals surface area contributed by atoms with Crippen molar-refractivity contribution in [3.8, 4) is 11.3 Å². The van der Waals surface area contributed by atoms with Crippen molar-refractivity contribution in [2.45, 2.75) is 31.8 Å². The second-order valence-electron chi connectivity index (χ2n) is 8.43. The Morgan fingerprint density at radius 3 is 2.62 bits per heavy atom. The van der Waals surface area contributed by atoms with Gasteiger partial charge in [-0.25, -0.2) is 0 Å². The molecule has 4 fully saturated rings. The maximum atomic E-state index is 12.8. The highest BCUT2D eigenvalue weighted by Gasteiger charge is 2.40. The molecule has 4 aliphatic heterocycles. The zero-order chi connectivity index (χ0) is 19.8. The normalized spacial score (nSPS) is 29.1. The lowest BCUT2D eigenvalue weighted by Crippen LogP contribution is -2.62. The molecule has 2 bridgehead atoms.